The lowest BCUT2D eigenvalue weighted by Gasteiger charge is -2.32. The first-order valence-corrected chi connectivity index (χ1v) is 8.24. The third kappa shape index (κ3) is 4.01. The average Bonchev–Trinajstić information content (AvgIpc) is 2.54. The summed E-state index contributed by atoms with van der Waals surface area (Å²) in [5.41, 5.74) is 9.66. The molecular weight excluding hydrogens is 276 g/mol. The van der Waals surface area contributed by atoms with Crippen LogP contribution in [0.3, 0.4) is 0 Å². The Balaban J connectivity index is 2.21. The summed E-state index contributed by atoms with van der Waals surface area (Å²) in [7, 11) is 1.38. The van der Waals surface area contributed by atoms with Crippen LogP contribution in [-0.4, -0.2) is 32.2 Å². The first-order chi connectivity index (χ1) is 10.5. The van der Waals surface area contributed by atoms with E-state index in [0.717, 1.165) is 18.7 Å². The van der Waals surface area contributed by atoms with E-state index >= 15 is 0 Å². The number of nitrogens with two attached hydrogens (primary N) is 1. The number of rotatable bonds is 5. The lowest BCUT2D eigenvalue weighted by atomic mass is 9.94. The predicted molar refractivity (Wildman–Crippen MR) is 90.3 cm³/mol. The third-order valence-electron chi connectivity index (χ3n) is 4.37. The van der Waals surface area contributed by atoms with Crippen LogP contribution in [0.2, 0.25) is 0 Å². The number of esters is 1. The Morgan fingerprint density at radius 1 is 1.27 bits per heavy atom. The van der Waals surface area contributed by atoms with Gasteiger partial charge in [0, 0.05) is 18.8 Å². The molecule has 0 aromatic heterocycles. The largest absolute Gasteiger partial charge is 0.468 e. The number of nitrogens with zero attached hydrogens (tertiary/aromatic N) is 1. The lowest BCUT2D eigenvalue weighted by molar-refractivity contribution is -0.142. The van der Waals surface area contributed by atoms with Crippen molar-refractivity contribution in [3.63, 3.8) is 0 Å². The van der Waals surface area contributed by atoms with E-state index < -0.39 is 6.04 Å². The highest BCUT2D eigenvalue weighted by Crippen LogP contribution is 2.31. The molecule has 1 aromatic carbocycles. The van der Waals surface area contributed by atoms with Crippen molar-refractivity contribution in [2.45, 2.75) is 51.5 Å². The molecule has 0 aliphatic carbocycles. The molecule has 22 heavy (non-hydrogen) atoms. The molecule has 1 atom stereocenters. The van der Waals surface area contributed by atoms with Gasteiger partial charge in [-0.3, -0.25) is 4.79 Å². The van der Waals surface area contributed by atoms with Gasteiger partial charge in [-0.05, 0) is 48.8 Å². The number of anilines is 1. The maximum Gasteiger partial charge on any atom is 0.322 e. The molecule has 2 N–H and O–H groups in total. The quantitative estimate of drug-likeness (QED) is 0.850. The SMILES string of the molecule is COC(=O)C(N)Cc1ccc(N2CCCCC2)c(C(C)C)c1. The molecule has 4 heteroatoms. The normalized spacial score (nSPS) is 16.7. The van der Waals surface area contributed by atoms with Crippen LogP contribution >= 0.6 is 0 Å². The number of hydrogen-bond donors (Lipinski definition) is 1. The first kappa shape index (κ1) is 16.8. The zero-order chi connectivity index (χ0) is 16.1. The van der Waals surface area contributed by atoms with Crippen LogP contribution < -0.4 is 10.6 Å². The molecule has 1 unspecified atom stereocenters. The minimum absolute atomic E-state index is 0.355. The molecule has 1 aliphatic heterocycles. The average molecular weight is 304 g/mol. The van der Waals surface area contributed by atoms with Gasteiger partial charge in [-0.25, -0.2) is 0 Å². The van der Waals surface area contributed by atoms with Crippen LogP contribution in [0.4, 0.5) is 5.69 Å². The minimum atomic E-state index is -0.592. The van der Waals surface area contributed by atoms with Crippen LogP contribution in [0.25, 0.3) is 0 Å². The summed E-state index contributed by atoms with van der Waals surface area (Å²) < 4.78 is 4.71. The Morgan fingerprint density at radius 3 is 2.55 bits per heavy atom. The Hall–Kier alpha value is -1.55. The van der Waals surface area contributed by atoms with Gasteiger partial charge in [0.1, 0.15) is 6.04 Å². The third-order valence-corrected chi connectivity index (χ3v) is 4.37. The number of ether oxygens (including phenoxy) is 1. The van der Waals surface area contributed by atoms with E-state index in [4.69, 9.17) is 10.5 Å². The van der Waals surface area contributed by atoms with E-state index in [0.29, 0.717) is 12.3 Å². The van der Waals surface area contributed by atoms with Crippen molar-refractivity contribution in [1.82, 2.24) is 0 Å². The summed E-state index contributed by atoms with van der Waals surface area (Å²) >= 11 is 0. The zero-order valence-electron chi connectivity index (χ0n) is 14.0. The van der Waals surface area contributed by atoms with Gasteiger partial charge < -0.3 is 15.4 Å². The summed E-state index contributed by atoms with van der Waals surface area (Å²) in [5.74, 6) is 0.0948. The van der Waals surface area contributed by atoms with Crippen LogP contribution in [-0.2, 0) is 16.0 Å². The summed E-state index contributed by atoms with van der Waals surface area (Å²) in [5, 5.41) is 0. The van der Waals surface area contributed by atoms with Crippen LogP contribution in [0.15, 0.2) is 18.2 Å². The van der Waals surface area contributed by atoms with Gasteiger partial charge in [0.25, 0.3) is 0 Å². The maximum atomic E-state index is 11.5. The second-order valence-electron chi connectivity index (χ2n) is 6.43. The van der Waals surface area contributed by atoms with Crippen LogP contribution in [0.1, 0.15) is 50.2 Å². The van der Waals surface area contributed by atoms with Crippen molar-refractivity contribution in [2.24, 2.45) is 5.73 Å². The zero-order valence-corrected chi connectivity index (χ0v) is 14.0. The van der Waals surface area contributed by atoms with Gasteiger partial charge in [-0.15, -0.1) is 0 Å². The topological polar surface area (TPSA) is 55.6 Å². The second-order valence-corrected chi connectivity index (χ2v) is 6.43. The van der Waals surface area contributed by atoms with Crippen molar-refractivity contribution in [2.75, 3.05) is 25.1 Å². The van der Waals surface area contributed by atoms with E-state index in [1.807, 2.05) is 0 Å². The van der Waals surface area contributed by atoms with Gasteiger partial charge in [0.05, 0.1) is 7.11 Å². The molecule has 1 fully saturated rings. The summed E-state index contributed by atoms with van der Waals surface area (Å²) in [6.07, 6.45) is 4.39. The van der Waals surface area contributed by atoms with Gasteiger partial charge in [-0.2, -0.15) is 0 Å². The molecular formula is C18H28N2O2. The van der Waals surface area contributed by atoms with Crippen molar-refractivity contribution in [3.8, 4) is 0 Å². The van der Waals surface area contributed by atoms with E-state index in [-0.39, 0.29) is 5.97 Å². The van der Waals surface area contributed by atoms with Gasteiger partial charge in [-0.1, -0.05) is 26.0 Å². The van der Waals surface area contributed by atoms with Gasteiger partial charge in [0.2, 0.25) is 0 Å². The molecule has 2 rings (SSSR count). The Morgan fingerprint density at radius 2 is 1.95 bits per heavy atom. The molecule has 1 aromatic rings. The summed E-state index contributed by atoms with van der Waals surface area (Å²) in [6, 6.07) is 5.90. The maximum absolute atomic E-state index is 11.5. The molecule has 1 saturated heterocycles. The van der Waals surface area contributed by atoms with E-state index in [9.17, 15) is 4.79 Å². The second kappa shape index (κ2) is 7.63. The molecule has 0 bridgehead atoms. The monoisotopic (exact) mass is 304 g/mol. The smallest absolute Gasteiger partial charge is 0.322 e. The van der Waals surface area contributed by atoms with Crippen molar-refractivity contribution < 1.29 is 9.53 Å². The first-order valence-electron chi connectivity index (χ1n) is 8.24. The number of methoxy groups -OCH3 is 1. The standard InChI is InChI=1S/C18H28N2O2/c1-13(2)15-11-14(12-16(19)18(21)22-3)7-8-17(15)20-9-5-4-6-10-20/h7-8,11,13,16H,4-6,9-10,12,19H2,1-3H3. The molecule has 1 aliphatic rings. The lowest BCUT2D eigenvalue weighted by Crippen LogP contribution is -2.34. The van der Waals surface area contributed by atoms with Crippen LogP contribution in [0, 0.1) is 0 Å². The van der Waals surface area contributed by atoms with E-state index in [1.165, 1.54) is 37.6 Å². The highest BCUT2D eigenvalue weighted by atomic mass is 16.5. The van der Waals surface area contributed by atoms with E-state index in [1.54, 1.807) is 0 Å². The molecule has 1 heterocycles. The Bertz CT molecular complexity index is 508. The van der Waals surface area contributed by atoms with Gasteiger partial charge >= 0.3 is 5.97 Å². The fraction of sp³-hybridized carbons (Fsp3) is 0.611. The molecule has 0 amide bonds. The van der Waals surface area contributed by atoms with Crippen molar-refractivity contribution in [3.05, 3.63) is 29.3 Å². The Kier molecular flexibility index (Phi) is 5.83. The number of piperidine rings is 1. The predicted octanol–water partition coefficient (Wildman–Crippen LogP) is 2.84. The molecule has 122 valence electrons. The fourth-order valence-corrected chi connectivity index (χ4v) is 3.10. The number of benzene rings is 1. The molecule has 0 saturated carbocycles. The summed E-state index contributed by atoms with van der Waals surface area (Å²) in [4.78, 5) is 14.0. The highest BCUT2D eigenvalue weighted by molar-refractivity contribution is 5.75. The highest BCUT2D eigenvalue weighted by Gasteiger charge is 2.19. The van der Waals surface area contributed by atoms with Crippen molar-refractivity contribution >= 4 is 11.7 Å². The molecule has 4 nitrogen and oxygen atoms in total. The number of hydrogen-bond acceptors (Lipinski definition) is 4. The van der Waals surface area contributed by atoms with E-state index in [2.05, 4.69) is 36.9 Å². The molecule has 0 spiro atoms. The van der Waals surface area contributed by atoms with Crippen molar-refractivity contribution in [1.29, 1.82) is 0 Å². The summed E-state index contributed by atoms with van der Waals surface area (Å²) in [6.45, 7) is 6.71. The van der Waals surface area contributed by atoms with Crippen LogP contribution in [0.5, 0.6) is 0 Å². The number of carbonyl (C=O) groups is 1. The fourth-order valence-electron chi connectivity index (χ4n) is 3.10. The Labute approximate surface area is 133 Å². The molecule has 0 radical (unpaired) electrons. The van der Waals surface area contributed by atoms with Gasteiger partial charge in [0.15, 0.2) is 0 Å². The number of carbonyl (C=O) groups excluding carboxylic acids is 1. The minimum Gasteiger partial charge on any atom is -0.468 e.